The summed E-state index contributed by atoms with van der Waals surface area (Å²) in [4.78, 5) is 0. The average Bonchev–Trinajstić information content (AvgIpc) is 2.29. The second-order valence-electron chi connectivity index (χ2n) is 3.64. The minimum Gasteiger partial charge on any atom is -0.399 e. The van der Waals surface area contributed by atoms with E-state index in [2.05, 4.69) is 0 Å². The zero-order valence-corrected chi connectivity index (χ0v) is 12.0. The fraction of sp³-hybridized carbons (Fsp3) is 0. The Hall–Kier alpha value is -1.39. The van der Waals surface area contributed by atoms with Gasteiger partial charge in [-0.15, -0.1) is 0 Å². The number of hydrogen-bond donors (Lipinski definition) is 3. The smallest absolute Gasteiger partial charge is 0.368 e. The maximum absolute atomic E-state index is 8.73. The first-order valence-corrected chi connectivity index (χ1v) is 8.71. The Morgan fingerprint density at radius 2 is 0.895 bits per heavy atom. The van der Waals surface area contributed by atoms with Crippen molar-refractivity contribution in [3.05, 3.63) is 48.5 Å². The van der Waals surface area contributed by atoms with E-state index in [9.17, 15) is 0 Å². The summed E-state index contributed by atoms with van der Waals surface area (Å²) in [6.07, 6.45) is 0. The minimum absolute atomic E-state index is 0.782. The first-order valence-electron chi connectivity index (χ1n) is 5.10. The summed E-state index contributed by atoms with van der Waals surface area (Å²) in [5.74, 6) is 0. The quantitative estimate of drug-likeness (QED) is 0.338. The Labute approximate surface area is 116 Å². The number of hydrogen-bond acceptors (Lipinski definition) is 6. The van der Waals surface area contributed by atoms with Crippen molar-refractivity contribution >= 4 is 11.4 Å². The molecule has 0 aliphatic heterocycles. The van der Waals surface area contributed by atoms with Crippen molar-refractivity contribution in [2.24, 2.45) is 0 Å². The zero-order valence-electron chi connectivity index (χ0n) is 9.82. The van der Waals surface area contributed by atoms with Crippen molar-refractivity contribution in [2.75, 3.05) is 11.5 Å². The summed E-state index contributed by atoms with van der Waals surface area (Å²) < 4.78 is 33.2. The summed E-state index contributed by atoms with van der Waals surface area (Å²) in [7, 11) is 0. The highest BCUT2D eigenvalue weighted by molar-refractivity contribution is 5.67. The van der Waals surface area contributed by atoms with Gasteiger partial charge in [0.05, 0.1) is 0 Å². The molecule has 0 aliphatic carbocycles. The molecule has 0 heterocycles. The van der Waals surface area contributed by atoms with Gasteiger partial charge >= 0.3 is 20.1 Å². The zero-order chi connectivity index (χ0) is 14.5. The molecule has 6 nitrogen and oxygen atoms in total. The maximum Gasteiger partial charge on any atom is 0.368 e. The van der Waals surface area contributed by atoms with E-state index in [1.807, 2.05) is 48.5 Å². The first kappa shape index (κ1) is 15.7. The van der Waals surface area contributed by atoms with Crippen LogP contribution in [0.2, 0.25) is 0 Å². The van der Waals surface area contributed by atoms with E-state index in [-0.39, 0.29) is 0 Å². The minimum atomic E-state index is -5.69. The Kier molecular flexibility index (Phi) is 5.51. The van der Waals surface area contributed by atoms with Gasteiger partial charge in [0.2, 0.25) is 0 Å². The molecule has 2 aromatic rings. The maximum atomic E-state index is 8.73. The van der Waals surface area contributed by atoms with Crippen LogP contribution >= 0.6 is 0 Å². The van der Waals surface area contributed by atoms with Crippen LogP contribution in [0.1, 0.15) is 0 Å². The van der Waals surface area contributed by atoms with Crippen LogP contribution in [0.5, 0.6) is 0 Å². The fourth-order valence-electron chi connectivity index (χ4n) is 1.35. The molecule has 19 heavy (non-hydrogen) atoms. The molecule has 102 valence electrons. The molecule has 0 aromatic heterocycles. The van der Waals surface area contributed by atoms with Gasteiger partial charge in [0.15, 0.2) is 0 Å². The Bertz CT molecular complexity index is 459. The van der Waals surface area contributed by atoms with Crippen LogP contribution in [0, 0.1) is 0 Å². The Morgan fingerprint density at radius 3 is 1.11 bits per heavy atom. The van der Waals surface area contributed by atoms with E-state index < -0.39 is 20.1 Å². The van der Waals surface area contributed by atoms with Crippen LogP contribution in [0.25, 0.3) is 11.1 Å². The lowest BCUT2D eigenvalue weighted by Crippen LogP contribution is -4.23. The molecule has 0 unspecified atom stereocenters. The van der Waals surface area contributed by atoms with Crippen LogP contribution in [-0.2, 0) is 0 Å². The van der Waals surface area contributed by atoms with Crippen LogP contribution in [0.15, 0.2) is 48.5 Å². The monoisotopic (exact) mass is 376 g/mol. The normalized spacial score (nSPS) is 10.5. The highest BCUT2D eigenvalue weighted by Gasteiger charge is 2.11. The molecule has 0 radical (unpaired) electrons. The second-order valence-corrected chi connectivity index (χ2v) is 5.90. The van der Waals surface area contributed by atoms with Crippen molar-refractivity contribution in [3.8, 4) is 11.1 Å². The van der Waals surface area contributed by atoms with Crippen LogP contribution in [-0.4, -0.2) is 3.44 Å². The first-order chi connectivity index (χ1) is 8.75. The molecule has 5 N–H and O–H groups in total. The van der Waals surface area contributed by atoms with Gasteiger partial charge in [-0.25, -0.2) is 0 Å². The Morgan fingerprint density at radius 1 is 0.684 bits per heavy atom. The van der Waals surface area contributed by atoms with Crippen molar-refractivity contribution in [1.82, 2.24) is 0 Å². The van der Waals surface area contributed by atoms with Gasteiger partial charge in [0, 0.05) is 14.8 Å². The predicted octanol–water partition coefficient (Wildman–Crippen LogP) is -4.60. The number of halogens is 1. The molecule has 2 rings (SSSR count). The van der Waals surface area contributed by atoms with Crippen molar-refractivity contribution in [3.63, 3.8) is 0 Å². The van der Waals surface area contributed by atoms with Crippen molar-refractivity contribution in [2.45, 2.75) is 0 Å². The SMILES string of the molecule is Nc1ccc(-c2ccc(N)cc2)cc1.[O-][I+3]([O-])([O-])O. The standard InChI is InChI=1S/C12H12N2.HIO4/c13-11-5-1-9(2-6-11)10-3-7-12(14)8-4-10;2-1(3,4)5/h1-8H,13-14H2;2H. The van der Waals surface area contributed by atoms with Gasteiger partial charge in [-0.1, -0.05) is 24.3 Å². The summed E-state index contributed by atoms with van der Waals surface area (Å²) >= 11 is -5.69. The lowest BCUT2D eigenvalue weighted by atomic mass is 10.1. The molecule has 0 saturated carbocycles. The van der Waals surface area contributed by atoms with Gasteiger partial charge in [-0.2, -0.15) is 0 Å². The van der Waals surface area contributed by atoms with Gasteiger partial charge < -0.3 is 11.5 Å². The van der Waals surface area contributed by atoms with E-state index >= 15 is 0 Å². The van der Waals surface area contributed by atoms with Crippen LogP contribution < -0.4 is 41.9 Å². The molecular weight excluding hydrogens is 363 g/mol. The van der Waals surface area contributed by atoms with E-state index in [4.69, 9.17) is 25.2 Å². The molecule has 7 heteroatoms. The molecular formula is C12H13IN2O4. The topological polar surface area (TPSA) is 141 Å². The molecule has 0 fully saturated rings. The van der Waals surface area contributed by atoms with Crippen LogP contribution in [0.3, 0.4) is 0 Å². The number of nitrogens with two attached hydrogens (primary N) is 2. The Balaban J connectivity index is 0.000000312. The van der Waals surface area contributed by atoms with E-state index in [1.165, 1.54) is 0 Å². The molecule has 0 amide bonds. The number of rotatable bonds is 1. The van der Waals surface area contributed by atoms with Gasteiger partial charge in [0.25, 0.3) is 0 Å². The number of anilines is 2. The largest absolute Gasteiger partial charge is 0.399 e. The second kappa shape index (κ2) is 6.68. The molecule has 0 atom stereocenters. The third-order valence-electron chi connectivity index (χ3n) is 2.15. The van der Waals surface area contributed by atoms with E-state index in [0.29, 0.717) is 0 Å². The van der Waals surface area contributed by atoms with Crippen molar-refractivity contribution in [1.29, 1.82) is 0 Å². The molecule has 2 aromatic carbocycles. The summed E-state index contributed by atoms with van der Waals surface area (Å²) in [6.45, 7) is 0. The van der Waals surface area contributed by atoms with Gasteiger partial charge in [0.1, 0.15) is 0 Å². The average molecular weight is 376 g/mol. The molecule has 0 saturated heterocycles. The van der Waals surface area contributed by atoms with E-state index in [0.717, 1.165) is 22.5 Å². The third kappa shape index (κ3) is 6.94. The lowest BCUT2D eigenvalue weighted by molar-refractivity contribution is -1.92. The summed E-state index contributed by atoms with van der Waals surface area (Å²) in [5.41, 5.74) is 15.1. The van der Waals surface area contributed by atoms with Crippen LogP contribution in [0.4, 0.5) is 11.4 Å². The lowest BCUT2D eigenvalue weighted by Gasteiger charge is -2.02. The van der Waals surface area contributed by atoms with Gasteiger partial charge in [-0.3, -0.25) is 10.3 Å². The summed E-state index contributed by atoms with van der Waals surface area (Å²) in [5, 5.41) is 0. The number of nitrogen functional groups attached to an aromatic ring is 2. The fourth-order valence-corrected chi connectivity index (χ4v) is 1.35. The number of benzene rings is 2. The third-order valence-corrected chi connectivity index (χ3v) is 2.15. The molecule has 0 bridgehead atoms. The highest BCUT2D eigenvalue weighted by atomic mass is 127. The van der Waals surface area contributed by atoms with E-state index in [1.54, 1.807) is 0 Å². The van der Waals surface area contributed by atoms with Crippen molar-refractivity contribution < 1.29 is 33.8 Å². The molecule has 0 aliphatic rings. The summed E-state index contributed by atoms with van der Waals surface area (Å²) in [6, 6.07) is 15.6. The molecule has 0 spiro atoms. The predicted molar refractivity (Wildman–Crippen MR) is 62.9 cm³/mol. The highest BCUT2D eigenvalue weighted by Crippen LogP contribution is 2.21. The van der Waals surface area contributed by atoms with Gasteiger partial charge in [-0.05, 0) is 35.4 Å².